The smallest absolute Gasteiger partial charge is 0.187 e. The van der Waals surface area contributed by atoms with Gasteiger partial charge < -0.3 is 5.73 Å². The Morgan fingerprint density at radius 2 is 2.24 bits per heavy atom. The highest BCUT2D eigenvalue weighted by Crippen LogP contribution is 2.23. The number of nitrogens with two attached hydrogens (primary N) is 1. The molecule has 6 heteroatoms. The molecule has 0 aliphatic rings. The Kier molecular flexibility index (Phi) is 2.38. The van der Waals surface area contributed by atoms with Crippen LogP contribution in [0.1, 0.15) is 18.0 Å². The van der Waals surface area contributed by atoms with E-state index in [0.29, 0.717) is 0 Å². The van der Waals surface area contributed by atoms with Crippen LogP contribution in [0.5, 0.6) is 0 Å². The maximum Gasteiger partial charge on any atom is 0.187 e. The summed E-state index contributed by atoms with van der Waals surface area (Å²) in [7, 11) is 0. The van der Waals surface area contributed by atoms with Gasteiger partial charge in [-0.3, -0.25) is 4.40 Å². The zero-order valence-electron chi connectivity index (χ0n) is 9.24. The molecule has 1 atom stereocenters. The van der Waals surface area contributed by atoms with Crippen LogP contribution in [0, 0.1) is 0 Å². The minimum absolute atomic E-state index is 0.0482. The molecule has 0 aromatic carbocycles. The number of rotatable bonds is 2. The lowest BCUT2D eigenvalue weighted by atomic mass is 10.4. The molecular weight excluding hydrogens is 234 g/mol. The highest BCUT2D eigenvalue weighted by atomic mass is 32.1. The molecule has 0 aliphatic carbocycles. The third-order valence-corrected chi connectivity index (χ3v) is 3.50. The predicted octanol–water partition coefficient (Wildman–Crippen LogP) is 1.87. The summed E-state index contributed by atoms with van der Waals surface area (Å²) in [6.45, 7) is 1.92. The van der Waals surface area contributed by atoms with Gasteiger partial charge in [0.25, 0.3) is 0 Å². The van der Waals surface area contributed by atoms with Crippen LogP contribution in [-0.4, -0.2) is 19.6 Å². The van der Waals surface area contributed by atoms with Gasteiger partial charge in [0.15, 0.2) is 11.5 Å². The summed E-state index contributed by atoms with van der Waals surface area (Å²) in [5.41, 5.74) is 7.44. The van der Waals surface area contributed by atoms with Crippen molar-refractivity contribution in [2.75, 3.05) is 0 Å². The van der Waals surface area contributed by atoms with Gasteiger partial charge in [-0.05, 0) is 19.1 Å². The number of fused-ring (bicyclic) bond motifs is 1. The predicted molar refractivity (Wildman–Crippen MR) is 66.7 cm³/mol. The average Bonchev–Trinajstić information content (AvgIpc) is 2.95. The molecule has 0 radical (unpaired) electrons. The number of pyridine rings is 1. The third kappa shape index (κ3) is 1.71. The number of nitrogens with zero attached hydrogens (tertiary/aromatic N) is 4. The highest BCUT2D eigenvalue weighted by Gasteiger charge is 2.12. The zero-order chi connectivity index (χ0) is 11.8. The molecule has 3 aromatic rings. The van der Waals surface area contributed by atoms with Crippen molar-refractivity contribution < 1.29 is 0 Å². The normalized spacial score (nSPS) is 13.1. The molecule has 0 fully saturated rings. The fourth-order valence-electron chi connectivity index (χ4n) is 1.62. The van der Waals surface area contributed by atoms with Crippen molar-refractivity contribution in [3.63, 3.8) is 0 Å². The van der Waals surface area contributed by atoms with E-state index >= 15 is 0 Å². The first-order chi connectivity index (χ1) is 8.25. The lowest BCUT2D eigenvalue weighted by molar-refractivity contribution is 0.807. The number of hydrogen-bond donors (Lipinski definition) is 1. The van der Waals surface area contributed by atoms with E-state index < -0.39 is 0 Å². The molecule has 0 aliphatic heterocycles. The van der Waals surface area contributed by atoms with Crippen molar-refractivity contribution in [2.24, 2.45) is 5.73 Å². The van der Waals surface area contributed by atoms with E-state index in [2.05, 4.69) is 15.2 Å². The maximum atomic E-state index is 5.80. The Balaban J connectivity index is 2.14. The van der Waals surface area contributed by atoms with E-state index in [1.54, 1.807) is 11.3 Å². The first kappa shape index (κ1) is 10.4. The maximum absolute atomic E-state index is 5.80. The molecule has 86 valence electrons. The van der Waals surface area contributed by atoms with Crippen molar-refractivity contribution in [2.45, 2.75) is 13.0 Å². The summed E-state index contributed by atoms with van der Waals surface area (Å²) >= 11 is 1.55. The van der Waals surface area contributed by atoms with E-state index in [1.807, 2.05) is 41.1 Å². The van der Waals surface area contributed by atoms with Crippen molar-refractivity contribution in [3.05, 3.63) is 34.8 Å². The van der Waals surface area contributed by atoms with Crippen molar-refractivity contribution in [3.8, 4) is 11.5 Å². The SMILES string of the molecule is CC(N)c1nc(-c2nnc3ccccn23)cs1. The van der Waals surface area contributed by atoms with Crippen LogP contribution in [-0.2, 0) is 0 Å². The lowest BCUT2D eigenvalue weighted by Crippen LogP contribution is -2.04. The van der Waals surface area contributed by atoms with Gasteiger partial charge in [0.05, 0.1) is 6.04 Å². The first-order valence-corrected chi connectivity index (χ1v) is 6.15. The van der Waals surface area contributed by atoms with Gasteiger partial charge in [-0.15, -0.1) is 21.5 Å². The van der Waals surface area contributed by atoms with Gasteiger partial charge >= 0.3 is 0 Å². The molecule has 1 unspecified atom stereocenters. The average molecular weight is 245 g/mol. The fourth-order valence-corrected chi connectivity index (χ4v) is 2.37. The van der Waals surface area contributed by atoms with Gasteiger partial charge in [-0.1, -0.05) is 6.07 Å². The van der Waals surface area contributed by atoms with Crippen molar-refractivity contribution in [1.82, 2.24) is 19.6 Å². The second kappa shape index (κ2) is 3.90. The molecule has 5 nitrogen and oxygen atoms in total. The van der Waals surface area contributed by atoms with Gasteiger partial charge in [0, 0.05) is 11.6 Å². The molecule has 0 amide bonds. The second-order valence-electron chi connectivity index (χ2n) is 3.81. The molecule has 2 N–H and O–H groups in total. The summed E-state index contributed by atoms with van der Waals surface area (Å²) in [5.74, 6) is 0.753. The van der Waals surface area contributed by atoms with E-state index in [0.717, 1.165) is 22.2 Å². The summed E-state index contributed by atoms with van der Waals surface area (Å²) in [5, 5.41) is 11.1. The van der Waals surface area contributed by atoms with Crippen LogP contribution >= 0.6 is 11.3 Å². The van der Waals surface area contributed by atoms with Crippen LogP contribution in [0.25, 0.3) is 17.2 Å². The van der Waals surface area contributed by atoms with Crippen LogP contribution in [0.15, 0.2) is 29.8 Å². The van der Waals surface area contributed by atoms with E-state index in [9.17, 15) is 0 Å². The van der Waals surface area contributed by atoms with Crippen LogP contribution in [0.4, 0.5) is 0 Å². The summed E-state index contributed by atoms with van der Waals surface area (Å²) in [6.07, 6.45) is 1.93. The van der Waals surface area contributed by atoms with E-state index in [4.69, 9.17) is 5.73 Å². The Morgan fingerprint density at radius 3 is 3.00 bits per heavy atom. The first-order valence-electron chi connectivity index (χ1n) is 5.27. The molecule has 3 aromatic heterocycles. The Hall–Kier alpha value is -1.79. The molecule has 0 saturated heterocycles. The van der Waals surface area contributed by atoms with E-state index in [1.165, 1.54) is 0 Å². The highest BCUT2D eigenvalue weighted by molar-refractivity contribution is 7.10. The lowest BCUT2D eigenvalue weighted by Gasteiger charge is -1.97. The van der Waals surface area contributed by atoms with Crippen molar-refractivity contribution >= 4 is 17.0 Å². The number of hydrogen-bond acceptors (Lipinski definition) is 5. The second-order valence-corrected chi connectivity index (χ2v) is 4.70. The Morgan fingerprint density at radius 1 is 1.35 bits per heavy atom. The third-order valence-electron chi connectivity index (χ3n) is 2.45. The Bertz CT molecular complexity index is 654. The summed E-state index contributed by atoms with van der Waals surface area (Å²) < 4.78 is 1.92. The standard InChI is InChI=1S/C11H11N5S/c1-7(12)11-13-8(6-17-11)10-15-14-9-4-2-3-5-16(9)10/h2-7H,12H2,1H3. The fraction of sp³-hybridized carbons (Fsp3) is 0.182. The minimum atomic E-state index is -0.0482. The molecule has 17 heavy (non-hydrogen) atoms. The molecule has 3 rings (SSSR count). The minimum Gasteiger partial charge on any atom is -0.322 e. The van der Waals surface area contributed by atoms with Gasteiger partial charge in [-0.2, -0.15) is 0 Å². The number of thiazole rings is 1. The number of aromatic nitrogens is 4. The van der Waals surface area contributed by atoms with E-state index in [-0.39, 0.29) is 6.04 Å². The largest absolute Gasteiger partial charge is 0.322 e. The topological polar surface area (TPSA) is 69.1 Å². The molecule has 3 heterocycles. The van der Waals surface area contributed by atoms with Crippen LogP contribution in [0.3, 0.4) is 0 Å². The molecule has 0 spiro atoms. The summed E-state index contributed by atoms with van der Waals surface area (Å²) in [6, 6.07) is 5.74. The van der Waals surface area contributed by atoms with Gasteiger partial charge in [-0.25, -0.2) is 4.98 Å². The Labute approximate surface area is 102 Å². The molecule has 0 saturated carbocycles. The van der Waals surface area contributed by atoms with Crippen LogP contribution < -0.4 is 5.73 Å². The molecule has 0 bridgehead atoms. The zero-order valence-corrected chi connectivity index (χ0v) is 10.1. The quantitative estimate of drug-likeness (QED) is 0.748. The van der Waals surface area contributed by atoms with Crippen molar-refractivity contribution in [1.29, 1.82) is 0 Å². The molecular formula is C11H11N5S. The van der Waals surface area contributed by atoms with Gasteiger partial charge in [0.1, 0.15) is 10.7 Å². The van der Waals surface area contributed by atoms with Gasteiger partial charge in [0.2, 0.25) is 0 Å². The monoisotopic (exact) mass is 245 g/mol. The summed E-state index contributed by atoms with van der Waals surface area (Å²) in [4.78, 5) is 4.47. The van der Waals surface area contributed by atoms with Crippen LogP contribution in [0.2, 0.25) is 0 Å².